The van der Waals surface area contributed by atoms with Crippen molar-refractivity contribution in [2.24, 2.45) is 5.73 Å². The first-order chi connectivity index (χ1) is 12.1. The minimum atomic E-state index is -0.389. The Hall–Kier alpha value is -2.38. The number of rotatable bonds is 7. The fourth-order valence-electron chi connectivity index (χ4n) is 2.82. The molecule has 0 aliphatic carbocycles. The van der Waals surface area contributed by atoms with E-state index < -0.39 is 0 Å². The number of nitro benzene ring substituents is 1. The van der Waals surface area contributed by atoms with Gasteiger partial charge in [-0.2, -0.15) is 11.8 Å². The van der Waals surface area contributed by atoms with E-state index in [0.717, 1.165) is 34.6 Å². The van der Waals surface area contributed by atoms with Crippen LogP contribution in [0.25, 0.3) is 11.0 Å². The van der Waals surface area contributed by atoms with Crippen LogP contribution in [0.15, 0.2) is 48.5 Å². The molecule has 1 heterocycles. The molecule has 0 aliphatic rings. The molecule has 2 N–H and O–H groups in total. The third kappa shape index (κ3) is 3.83. The molecule has 0 saturated heterocycles. The summed E-state index contributed by atoms with van der Waals surface area (Å²) in [6.07, 6.45) is 2.91. The van der Waals surface area contributed by atoms with Crippen LogP contribution in [0.2, 0.25) is 0 Å². The van der Waals surface area contributed by atoms with Crippen LogP contribution in [0.1, 0.15) is 23.9 Å². The quantitative estimate of drug-likeness (QED) is 0.515. The van der Waals surface area contributed by atoms with Gasteiger partial charge in [-0.15, -0.1) is 0 Å². The van der Waals surface area contributed by atoms with Gasteiger partial charge in [0.05, 0.1) is 22.0 Å². The molecule has 130 valence electrons. The van der Waals surface area contributed by atoms with E-state index >= 15 is 0 Å². The lowest BCUT2D eigenvalue weighted by molar-refractivity contribution is -0.384. The lowest BCUT2D eigenvalue weighted by Gasteiger charge is -2.14. The number of aromatic nitrogens is 2. The Morgan fingerprint density at radius 3 is 2.64 bits per heavy atom. The lowest BCUT2D eigenvalue weighted by Crippen LogP contribution is -2.18. The van der Waals surface area contributed by atoms with Gasteiger partial charge in [-0.3, -0.25) is 10.1 Å². The molecule has 1 unspecified atom stereocenters. The molecule has 7 heteroatoms. The lowest BCUT2D eigenvalue weighted by atomic mass is 10.2. The average molecular weight is 356 g/mol. The van der Waals surface area contributed by atoms with Crippen LogP contribution >= 0.6 is 11.8 Å². The highest BCUT2D eigenvalue weighted by atomic mass is 32.2. The number of nitro groups is 1. The molecule has 0 amide bonds. The number of hydrogen-bond donors (Lipinski definition) is 1. The van der Waals surface area contributed by atoms with Crippen LogP contribution < -0.4 is 5.73 Å². The third-order valence-electron chi connectivity index (χ3n) is 4.14. The van der Waals surface area contributed by atoms with Crippen molar-refractivity contribution in [3.05, 3.63) is 70.0 Å². The normalized spacial score (nSPS) is 12.4. The molecule has 0 fully saturated rings. The van der Waals surface area contributed by atoms with E-state index in [-0.39, 0.29) is 16.7 Å². The van der Waals surface area contributed by atoms with Crippen molar-refractivity contribution in [1.29, 1.82) is 0 Å². The zero-order valence-corrected chi connectivity index (χ0v) is 14.8. The number of para-hydroxylation sites is 2. The second-order valence-electron chi connectivity index (χ2n) is 5.86. The molecule has 0 bridgehead atoms. The topological polar surface area (TPSA) is 87.0 Å². The number of hydrogen-bond acceptors (Lipinski definition) is 5. The van der Waals surface area contributed by atoms with Gasteiger partial charge in [-0.05, 0) is 36.1 Å². The van der Waals surface area contributed by atoms with Gasteiger partial charge in [-0.1, -0.05) is 24.3 Å². The fraction of sp³-hybridized carbons (Fsp3) is 0.278. The van der Waals surface area contributed by atoms with Crippen molar-refractivity contribution in [1.82, 2.24) is 9.55 Å². The second-order valence-corrected chi connectivity index (χ2v) is 6.84. The average Bonchev–Trinajstić information content (AvgIpc) is 2.99. The summed E-state index contributed by atoms with van der Waals surface area (Å²) in [7, 11) is 0. The first kappa shape index (κ1) is 17.4. The summed E-state index contributed by atoms with van der Waals surface area (Å²) in [6.45, 7) is 0.584. The molecule has 0 spiro atoms. The molecule has 3 rings (SSSR count). The molecule has 2 aromatic carbocycles. The summed E-state index contributed by atoms with van der Waals surface area (Å²) < 4.78 is 2.11. The molecule has 0 saturated carbocycles. The van der Waals surface area contributed by atoms with Crippen molar-refractivity contribution >= 4 is 28.5 Å². The summed E-state index contributed by atoms with van der Waals surface area (Å²) in [5.41, 5.74) is 9.39. The van der Waals surface area contributed by atoms with Crippen molar-refractivity contribution in [2.45, 2.75) is 19.0 Å². The van der Waals surface area contributed by atoms with Gasteiger partial charge < -0.3 is 10.3 Å². The monoisotopic (exact) mass is 356 g/mol. The molecular weight excluding hydrogens is 336 g/mol. The second kappa shape index (κ2) is 7.67. The first-order valence-electron chi connectivity index (χ1n) is 8.03. The van der Waals surface area contributed by atoms with E-state index in [9.17, 15) is 10.1 Å². The highest BCUT2D eigenvalue weighted by Crippen LogP contribution is 2.24. The molecule has 0 aliphatic heterocycles. The zero-order chi connectivity index (χ0) is 17.8. The number of nitrogens with zero attached hydrogens (tertiary/aromatic N) is 3. The summed E-state index contributed by atoms with van der Waals surface area (Å²) >= 11 is 1.76. The molecular formula is C18H20N4O2S. The van der Waals surface area contributed by atoms with Crippen LogP contribution in [-0.2, 0) is 6.54 Å². The number of benzene rings is 2. The van der Waals surface area contributed by atoms with Crippen molar-refractivity contribution in [2.75, 3.05) is 12.0 Å². The summed E-state index contributed by atoms with van der Waals surface area (Å²) in [6, 6.07) is 14.4. The van der Waals surface area contributed by atoms with Crippen LogP contribution in [0.3, 0.4) is 0 Å². The highest BCUT2D eigenvalue weighted by molar-refractivity contribution is 7.98. The third-order valence-corrected chi connectivity index (χ3v) is 4.78. The number of fused-ring (bicyclic) bond motifs is 1. The predicted octanol–water partition coefficient (Wildman–Crippen LogP) is 3.75. The Balaban J connectivity index is 1.96. The van der Waals surface area contributed by atoms with Crippen LogP contribution in [0.4, 0.5) is 5.69 Å². The number of imidazole rings is 1. The van der Waals surface area contributed by atoms with Gasteiger partial charge in [0.2, 0.25) is 0 Å². The molecule has 1 atom stereocenters. The van der Waals surface area contributed by atoms with E-state index in [1.165, 1.54) is 12.1 Å². The Kier molecular flexibility index (Phi) is 5.35. The maximum atomic E-state index is 10.8. The maximum absolute atomic E-state index is 10.8. The van der Waals surface area contributed by atoms with Gasteiger partial charge in [0.25, 0.3) is 5.69 Å². The Morgan fingerprint density at radius 1 is 1.24 bits per heavy atom. The molecule has 3 aromatic rings. The zero-order valence-electron chi connectivity index (χ0n) is 14.0. The van der Waals surface area contributed by atoms with Gasteiger partial charge in [0.1, 0.15) is 5.82 Å². The van der Waals surface area contributed by atoms with Gasteiger partial charge >= 0.3 is 0 Å². The minimum absolute atomic E-state index is 0.0936. The first-order valence-corrected chi connectivity index (χ1v) is 9.42. The van der Waals surface area contributed by atoms with Crippen LogP contribution in [0.5, 0.6) is 0 Å². The Labute approximate surface area is 150 Å². The Morgan fingerprint density at radius 2 is 1.96 bits per heavy atom. The van der Waals surface area contributed by atoms with Gasteiger partial charge in [-0.25, -0.2) is 4.98 Å². The summed E-state index contributed by atoms with van der Waals surface area (Å²) in [5.74, 6) is 1.83. The molecule has 25 heavy (non-hydrogen) atoms. The molecule has 0 radical (unpaired) electrons. The van der Waals surface area contributed by atoms with E-state index in [1.807, 2.05) is 24.3 Å². The number of non-ortho nitro benzene ring substituents is 1. The summed E-state index contributed by atoms with van der Waals surface area (Å²) in [4.78, 5) is 15.2. The van der Waals surface area contributed by atoms with E-state index in [4.69, 9.17) is 10.7 Å². The van der Waals surface area contributed by atoms with E-state index in [1.54, 1.807) is 23.9 Å². The number of thioether (sulfide) groups is 1. The van der Waals surface area contributed by atoms with Gasteiger partial charge in [0.15, 0.2) is 0 Å². The fourth-order valence-corrected chi connectivity index (χ4v) is 3.31. The van der Waals surface area contributed by atoms with E-state index in [2.05, 4.69) is 10.8 Å². The Bertz CT molecular complexity index is 876. The number of nitrogens with two attached hydrogens (primary N) is 1. The van der Waals surface area contributed by atoms with Crippen molar-refractivity contribution in [3.63, 3.8) is 0 Å². The minimum Gasteiger partial charge on any atom is -0.322 e. The standard InChI is InChI=1S/C18H20N4O2S/c1-25-11-10-15(19)18-20-16-4-2-3-5-17(16)21(18)12-13-6-8-14(9-7-13)22(23)24/h2-9,15H,10-12,19H2,1H3. The SMILES string of the molecule is CSCCC(N)c1nc2ccccc2n1Cc1ccc([N+](=O)[O-])cc1. The van der Waals surface area contributed by atoms with Crippen LogP contribution in [0, 0.1) is 10.1 Å². The van der Waals surface area contributed by atoms with Crippen LogP contribution in [-0.4, -0.2) is 26.5 Å². The molecule has 1 aromatic heterocycles. The van der Waals surface area contributed by atoms with E-state index in [0.29, 0.717) is 6.54 Å². The maximum Gasteiger partial charge on any atom is 0.269 e. The highest BCUT2D eigenvalue weighted by Gasteiger charge is 2.17. The summed E-state index contributed by atoms with van der Waals surface area (Å²) in [5, 5.41) is 10.8. The van der Waals surface area contributed by atoms with Gasteiger partial charge in [0, 0.05) is 18.7 Å². The van der Waals surface area contributed by atoms with Crippen molar-refractivity contribution in [3.8, 4) is 0 Å². The van der Waals surface area contributed by atoms with Crippen molar-refractivity contribution < 1.29 is 4.92 Å². The predicted molar refractivity (Wildman–Crippen MR) is 102 cm³/mol. The smallest absolute Gasteiger partial charge is 0.269 e. The largest absolute Gasteiger partial charge is 0.322 e. The molecule has 6 nitrogen and oxygen atoms in total.